The summed E-state index contributed by atoms with van der Waals surface area (Å²) in [4.78, 5) is 12.5. The number of halogens is 5. The van der Waals surface area contributed by atoms with Crippen LogP contribution in [0.15, 0.2) is 0 Å². The lowest BCUT2D eigenvalue weighted by atomic mass is 10.1. The van der Waals surface area contributed by atoms with Crippen LogP contribution in [0.2, 0.25) is 0 Å². The molecule has 0 aromatic carbocycles. The molecule has 1 N–H and O–H groups in total. The van der Waals surface area contributed by atoms with Gasteiger partial charge in [0.25, 0.3) is 5.92 Å². The first-order valence-corrected chi connectivity index (χ1v) is 7.70. The Kier molecular flexibility index (Phi) is 5.08. The van der Waals surface area contributed by atoms with Crippen molar-refractivity contribution in [3.05, 3.63) is 0 Å². The minimum absolute atomic E-state index is 0.0320. The maximum Gasteiger partial charge on any atom is 0.407 e. The molecule has 4 nitrogen and oxygen atoms in total. The molecule has 0 bridgehead atoms. The maximum atomic E-state index is 13.9. The summed E-state index contributed by atoms with van der Waals surface area (Å²) in [5, 5.41) is 2.07. The fraction of sp³-hybridized carbons (Fsp3) is 0.929. The first kappa shape index (κ1) is 18.2. The highest BCUT2D eigenvalue weighted by Gasteiger charge is 2.64. The van der Waals surface area contributed by atoms with Gasteiger partial charge in [0.05, 0.1) is 18.6 Å². The van der Waals surface area contributed by atoms with Gasteiger partial charge in [-0.25, -0.2) is 13.6 Å². The van der Waals surface area contributed by atoms with E-state index in [0.29, 0.717) is 6.42 Å². The molecule has 0 radical (unpaired) electrons. The number of carbonyl (C=O) groups is 1. The van der Waals surface area contributed by atoms with Gasteiger partial charge < -0.3 is 10.1 Å². The Bertz CT molecular complexity index is 437. The van der Waals surface area contributed by atoms with Crippen molar-refractivity contribution >= 4 is 6.09 Å². The number of hydrogen-bond acceptors (Lipinski definition) is 3. The highest BCUT2D eigenvalue weighted by atomic mass is 19.4. The number of nitrogens with one attached hydrogen (secondary N) is 1. The van der Waals surface area contributed by atoms with Crippen molar-refractivity contribution in [2.45, 2.75) is 50.7 Å². The Morgan fingerprint density at radius 3 is 2.52 bits per heavy atom. The van der Waals surface area contributed by atoms with Crippen LogP contribution in [0.25, 0.3) is 0 Å². The third kappa shape index (κ3) is 4.24. The number of amides is 1. The van der Waals surface area contributed by atoms with Gasteiger partial charge >= 0.3 is 12.3 Å². The van der Waals surface area contributed by atoms with E-state index >= 15 is 0 Å². The fourth-order valence-electron chi connectivity index (χ4n) is 2.74. The van der Waals surface area contributed by atoms with E-state index < -0.39 is 42.7 Å². The van der Waals surface area contributed by atoms with Crippen LogP contribution in [0.1, 0.15) is 32.6 Å². The molecule has 1 heterocycles. The summed E-state index contributed by atoms with van der Waals surface area (Å²) in [7, 11) is 0. The Balaban J connectivity index is 1.87. The molecule has 1 amide bonds. The van der Waals surface area contributed by atoms with E-state index in [-0.39, 0.29) is 26.0 Å². The van der Waals surface area contributed by atoms with Crippen LogP contribution in [-0.4, -0.2) is 55.4 Å². The molecule has 1 aliphatic heterocycles. The Labute approximate surface area is 131 Å². The van der Waals surface area contributed by atoms with Crippen LogP contribution >= 0.6 is 0 Å². The summed E-state index contributed by atoms with van der Waals surface area (Å²) in [6, 6.07) is -1.53. The Hall–Kier alpha value is -1.12. The van der Waals surface area contributed by atoms with Gasteiger partial charge in [-0.15, -0.1) is 0 Å². The van der Waals surface area contributed by atoms with Crippen molar-refractivity contribution in [2.24, 2.45) is 5.41 Å². The van der Waals surface area contributed by atoms with Crippen LogP contribution in [0.3, 0.4) is 0 Å². The smallest absolute Gasteiger partial charge is 0.407 e. The van der Waals surface area contributed by atoms with Crippen molar-refractivity contribution in [3.63, 3.8) is 0 Å². The third-order valence-corrected chi connectivity index (χ3v) is 4.39. The number of rotatable bonds is 6. The van der Waals surface area contributed by atoms with Gasteiger partial charge in [-0.2, -0.15) is 13.2 Å². The first-order chi connectivity index (χ1) is 10.6. The molecule has 0 aromatic heterocycles. The summed E-state index contributed by atoms with van der Waals surface area (Å²) in [5.41, 5.74) is -1.86. The molecule has 1 saturated carbocycles. The second-order valence-corrected chi connectivity index (χ2v) is 6.40. The zero-order chi connectivity index (χ0) is 17.3. The molecule has 2 fully saturated rings. The monoisotopic (exact) mass is 344 g/mol. The lowest BCUT2D eigenvalue weighted by molar-refractivity contribution is -0.191. The van der Waals surface area contributed by atoms with Gasteiger partial charge in [-0.1, -0.05) is 13.3 Å². The van der Waals surface area contributed by atoms with Crippen LogP contribution in [0.5, 0.6) is 0 Å². The van der Waals surface area contributed by atoms with Crippen LogP contribution in [0, 0.1) is 5.41 Å². The van der Waals surface area contributed by atoms with E-state index in [1.54, 1.807) is 0 Å². The van der Waals surface area contributed by atoms with Gasteiger partial charge in [0.1, 0.15) is 6.04 Å². The molecule has 2 rings (SSSR count). The maximum absolute atomic E-state index is 13.9. The van der Waals surface area contributed by atoms with Crippen LogP contribution in [0.4, 0.5) is 26.7 Å². The van der Waals surface area contributed by atoms with E-state index in [2.05, 4.69) is 5.32 Å². The lowest BCUT2D eigenvalue weighted by Gasteiger charge is -2.25. The number of carbonyl (C=O) groups excluding carboxylic acids is 1. The number of alkyl halides is 5. The fourth-order valence-corrected chi connectivity index (χ4v) is 2.74. The molecule has 23 heavy (non-hydrogen) atoms. The molecule has 1 aliphatic carbocycles. The van der Waals surface area contributed by atoms with Crippen molar-refractivity contribution < 1.29 is 31.5 Å². The van der Waals surface area contributed by atoms with Crippen LogP contribution in [-0.2, 0) is 4.74 Å². The highest BCUT2D eigenvalue weighted by molar-refractivity contribution is 5.67. The van der Waals surface area contributed by atoms with Gasteiger partial charge in [0, 0.05) is 13.1 Å². The summed E-state index contributed by atoms with van der Waals surface area (Å²) in [6.45, 7) is 0.466. The van der Waals surface area contributed by atoms with Crippen molar-refractivity contribution in [1.29, 1.82) is 0 Å². The number of nitrogens with zero attached hydrogens (tertiary/aromatic N) is 1. The first-order valence-electron chi connectivity index (χ1n) is 7.70. The summed E-state index contributed by atoms with van der Waals surface area (Å²) in [6.07, 6.45) is -3.99. The number of hydrogen-bond donors (Lipinski definition) is 1. The summed E-state index contributed by atoms with van der Waals surface area (Å²) in [5.74, 6) is -3.27. The zero-order valence-corrected chi connectivity index (χ0v) is 12.9. The predicted molar refractivity (Wildman–Crippen MR) is 72.3 cm³/mol. The van der Waals surface area contributed by atoms with Crippen molar-refractivity contribution in [2.75, 3.05) is 26.2 Å². The molecule has 0 spiro atoms. The van der Waals surface area contributed by atoms with Gasteiger partial charge in [-0.3, -0.25) is 4.90 Å². The minimum Gasteiger partial charge on any atom is -0.450 e. The average Bonchev–Trinajstić information content (AvgIpc) is 3.12. The molecule has 1 atom stereocenters. The van der Waals surface area contributed by atoms with Gasteiger partial charge in [0.15, 0.2) is 0 Å². The molecular formula is C14H21F5N2O2. The van der Waals surface area contributed by atoms with E-state index in [9.17, 15) is 26.7 Å². The third-order valence-electron chi connectivity index (χ3n) is 4.39. The molecule has 2 aliphatic rings. The largest absolute Gasteiger partial charge is 0.450 e. The molecule has 0 aromatic rings. The number of ether oxygens (including phenoxy) is 1. The molecule has 1 saturated heterocycles. The number of alkyl carbamates (subject to hydrolysis) is 1. The molecular weight excluding hydrogens is 323 g/mol. The molecule has 1 unspecified atom stereocenters. The summed E-state index contributed by atoms with van der Waals surface area (Å²) >= 11 is 0. The van der Waals surface area contributed by atoms with E-state index in [0.717, 1.165) is 11.3 Å². The number of unbranched alkanes of at least 4 members (excludes halogenated alkanes) is 1. The van der Waals surface area contributed by atoms with Crippen molar-refractivity contribution in [3.8, 4) is 0 Å². The van der Waals surface area contributed by atoms with Crippen LogP contribution < -0.4 is 5.32 Å². The van der Waals surface area contributed by atoms with Gasteiger partial charge in [-0.05, 0) is 19.3 Å². The highest BCUT2D eigenvalue weighted by Crippen LogP contribution is 2.58. The van der Waals surface area contributed by atoms with E-state index in [1.165, 1.54) is 0 Å². The van der Waals surface area contributed by atoms with E-state index in [4.69, 9.17) is 4.74 Å². The Morgan fingerprint density at radius 2 is 2.00 bits per heavy atom. The van der Waals surface area contributed by atoms with Gasteiger partial charge in [0.2, 0.25) is 0 Å². The van der Waals surface area contributed by atoms with E-state index in [1.807, 2.05) is 6.92 Å². The number of likely N-dealkylation sites (tertiary alicyclic amines) is 1. The molecule has 134 valence electrons. The second kappa shape index (κ2) is 6.41. The Morgan fingerprint density at radius 1 is 1.35 bits per heavy atom. The summed E-state index contributed by atoms with van der Waals surface area (Å²) < 4.78 is 71.3. The average molecular weight is 344 g/mol. The lowest BCUT2D eigenvalue weighted by Crippen LogP contribution is -2.47. The molecule has 9 heteroatoms. The predicted octanol–water partition coefficient (Wildman–Crippen LogP) is 3.17. The standard InChI is InChI=1S/C14H21F5N2O2/c1-2-3-6-23-11(22)20-10-7-21(9-13(10,15)16)8-12(4-5-12)14(17,18)19/h10H,2-9H2,1H3,(H,20,22). The zero-order valence-electron chi connectivity index (χ0n) is 12.9. The quantitative estimate of drug-likeness (QED) is 0.594. The minimum atomic E-state index is -4.38. The topological polar surface area (TPSA) is 41.6 Å². The second-order valence-electron chi connectivity index (χ2n) is 6.40. The van der Waals surface area contributed by atoms with Crippen molar-refractivity contribution in [1.82, 2.24) is 10.2 Å². The SMILES string of the molecule is CCCCOC(=O)NC1CN(CC2(C(F)(F)F)CC2)CC1(F)F. The normalized spacial score (nSPS) is 26.1.